The van der Waals surface area contributed by atoms with Gasteiger partial charge in [0.15, 0.2) is 0 Å². The Morgan fingerprint density at radius 2 is 1.69 bits per heavy atom. The minimum Gasteiger partial charge on any atom is -0.437 e. The topological polar surface area (TPSA) is 22.1 Å². The molecular formula is C11H6Cl3NO. The van der Waals surface area contributed by atoms with Crippen LogP contribution in [0.3, 0.4) is 0 Å². The van der Waals surface area contributed by atoms with Crippen molar-refractivity contribution in [3.05, 3.63) is 51.6 Å². The molecule has 0 fully saturated rings. The van der Waals surface area contributed by atoms with Crippen molar-refractivity contribution < 1.29 is 4.74 Å². The van der Waals surface area contributed by atoms with Crippen LogP contribution in [0.5, 0.6) is 11.6 Å². The monoisotopic (exact) mass is 273 g/mol. The van der Waals surface area contributed by atoms with Crippen LogP contribution in [-0.4, -0.2) is 4.98 Å². The lowest BCUT2D eigenvalue weighted by molar-refractivity contribution is 0.463. The van der Waals surface area contributed by atoms with Gasteiger partial charge in [0.2, 0.25) is 5.88 Å². The molecule has 2 aromatic rings. The predicted molar refractivity (Wildman–Crippen MR) is 65.8 cm³/mol. The summed E-state index contributed by atoms with van der Waals surface area (Å²) in [4.78, 5) is 3.99. The van der Waals surface area contributed by atoms with Crippen LogP contribution in [-0.2, 0) is 0 Å². The van der Waals surface area contributed by atoms with E-state index in [1.165, 1.54) is 6.20 Å². The van der Waals surface area contributed by atoms with Crippen molar-refractivity contribution in [3.63, 3.8) is 0 Å². The second kappa shape index (κ2) is 4.91. The van der Waals surface area contributed by atoms with E-state index in [9.17, 15) is 0 Å². The average molecular weight is 275 g/mol. The van der Waals surface area contributed by atoms with Crippen LogP contribution in [0.1, 0.15) is 0 Å². The van der Waals surface area contributed by atoms with Crippen molar-refractivity contribution in [1.82, 2.24) is 4.98 Å². The maximum Gasteiger partial charge on any atom is 0.219 e. The highest BCUT2D eigenvalue weighted by Gasteiger charge is 2.04. The van der Waals surface area contributed by atoms with Gasteiger partial charge in [0.1, 0.15) is 5.75 Å². The fraction of sp³-hybridized carbons (Fsp3) is 0. The predicted octanol–water partition coefficient (Wildman–Crippen LogP) is 4.83. The molecular weight excluding hydrogens is 268 g/mol. The standard InChI is InChI=1S/C11H6Cl3NO/c12-7-1-3-9(14)10(5-7)16-11-4-2-8(13)6-15-11/h1-6H. The first-order chi connectivity index (χ1) is 7.65. The lowest BCUT2D eigenvalue weighted by Crippen LogP contribution is -1.88. The van der Waals surface area contributed by atoms with Gasteiger partial charge >= 0.3 is 0 Å². The van der Waals surface area contributed by atoms with Crippen LogP contribution in [0.25, 0.3) is 0 Å². The van der Waals surface area contributed by atoms with E-state index < -0.39 is 0 Å². The van der Waals surface area contributed by atoms with Crippen molar-refractivity contribution in [2.75, 3.05) is 0 Å². The second-order valence-corrected chi connectivity index (χ2v) is 4.27. The van der Waals surface area contributed by atoms with Gasteiger partial charge in [-0.1, -0.05) is 34.8 Å². The van der Waals surface area contributed by atoms with Gasteiger partial charge in [-0.05, 0) is 18.2 Å². The lowest BCUT2D eigenvalue weighted by Gasteiger charge is -2.06. The molecule has 5 heteroatoms. The fourth-order valence-electron chi connectivity index (χ4n) is 1.09. The molecule has 0 saturated carbocycles. The highest BCUT2D eigenvalue weighted by Crippen LogP contribution is 2.31. The highest BCUT2D eigenvalue weighted by atomic mass is 35.5. The summed E-state index contributed by atoms with van der Waals surface area (Å²) in [5.74, 6) is 0.873. The van der Waals surface area contributed by atoms with E-state index in [-0.39, 0.29) is 0 Å². The van der Waals surface area contributed by atoms with Gasteiger partial charge in [0.25, 0.3) is 0 Å². The van der Waals surface area contributed by atoms with Gasteiger partial charge in [-0.25, -0.2) is 4.98 Å². The minimum absolute atomic E-state index is 0.411. The Balaban J connectivity index is 2.26. The van der Waals surface area contributed by atoms with Crippen molar-refractivity contribution in [1.29, 1.82) is 0 Å². The van der Waals surface area contributed by atoms with E-state index in [2.05, 4.69) is 4.98 Å². The lowest BCUT2D eigenvalue weighted by atomic mass is 10.3. The first kappa shape index (κ1) is 11.5. The quantitative estimate of drug-likeness (QED) is 0.782. The third kappa shape index (κ3) is 2.79. The highest BCUT2D eigenvalue weighted by molar-refractivity contribution is 6.34. The molecule has 2 nitrogen and oxygen atoms in total. The molecule has 1 aromatic heterocycles. The van der Waals surface area contributed by atoms with E-state index in [1.54, 1.807) is 30.3 Å². The molecule has 0 unspecified atom stereocenters. The number of rotatable bonds is 2. The minimum atomic E-state index is 0.411. The van der Waals surface area contributed by atoms with Crippen LogP contribution in [0.2, 0.25) is 15.1 Å². The molecule has 0 aliphatic carbocycles. The van der Waals surface area contributed by atoms with Gasteiger partial charge in [-0.15, -0.1) is 0 Å². The molecule has 0 N–H and O–H groups in total. The summed E-state index contributed by atoms with van der Waals surface area (Å²) < 4.78 is 5.46. The van der Waals surface area contributed by atoms with E-state index in [0.717, 1.165) is 0 Å². The van der Waals surface area contributed by atoms with E-state index >= 15 is 0 Å². The van der Waals surface area contributed by atoms with Crippen LogP contribution < -0.4 is 4.74 Å². The number of ether oxygens (including phenoxy) is 1. The average Bonchev–Trinajstić information content (AvgIpc) is 2.27. The number of benzene rings is 1. The molecule has 82 valence electrons. The summed E-state index contributed by atoms with van der Waals surface area (Å²) in [6, 6.07) is 8.31. The zero-order valence-corrected chi connectivity index (χ0v) is 10.2. The Morgan fingerprint density at radius 3 is 2.38 bits per heavy atom. The number of hydrogen-bond donors (Lipinski definition) is 0. The van der Waals surface area contributed by atoms with Crippen molar-refractivity contribution in [2.45, 2.75) is 0 Å². The number of aromatic nitrogens is 1. The number of halogens is 3. The smallest absolute Gasteiger partial charge is 0.219 e. The van der Waals surface area contributed by atoms with Crippen LogP contribution >= 0.6 is 34.8 Å². The SMILES string of the molecule is Clc1ccc(Oc2cc(Cl)ccc2Cl)nc1. The van der Waals surface area contributed by atoms with Crippen LogP contribution in [0, 0.1) is 0 Å². The maximum atomic E-state index is 5.94. The Morgan fingerprint density at radius 1 is 0.938 bits per heavy atom. The Labute approximate surface area is 108 Å². The van der Waals surface area contributed by atoms with Gasteiger partial charge in [0.05, 0.1) is 10.0 Å². The molecule has 0 bridgehead atoms. The number of pyridine rings is 1. The van der Waals surface area contributed by atoms with E-state index in [4.69, 9.17) is 39.5 Å². The van der Waals surface area contributed by atoms with Gasteiger partial charge in [-0.2, -0.15) is 0 Å². The molecule has 0 amide bonds. The molecule has 0 saturated heterocycles. The largest absolute Gasteiger partial charge is 0.437 e. The maximum absolute atomic E-state index is 5.94. The molecule has 0 aliphatic rings. The normalized spacial score (nSPS) is 10.2. The zero-order valence-electron chi connectivity index (χ0n) is 7.95. The molecule has 16 heavy (non-hydrogen) atoms. The van der Waals surface area contributed by atoms with Gasteiger partial charge in [0, 0.05) is 23.4 Å². The first-order valence-electron chi connectivity index (χ1n) is 4.39. The molecule has 1 aromatic carbocycles. The fourth-order valence-corrected chi connectivity index (χ4v) is 1.52. The summed E-state index contributed by atoms with van der Waals surface area (Å²) >= 11 is 17.5. The summed E-state index contributed by atoms with van der Waals surface area (Å²) in [7, 11) is 0. The van der Waals surface area contributed by atoms with Crippen molar-refractivity contribution >= 4 is 34.8 Å². The summed E-state index contributed by atoms with van der Waals surface area (Å²) in [6.45, 7) is 0. The Kier molecular flexibility index (Phi) is 3.54. The number of hydrogen-bond acceptors (Lipinski definition) is 2. The van der Waals surface area contributed by atoms with Crippen molar-refractivity contribution in [2.24, 2.45) is 0 Å². The van der Waals surface area contributed by atoms with Gasteiger partial charge in [-0.3, -0.25) is 0 Å². The Bertz CT molecular complexity index is 499. The third-order valence-corrected chi connectivity index (χ3v) is 2.58. The van der Waals surface area contributed by atoms with E-state index in [0.29, 0.717) is 26.7 Å². The zero-order chi connectivity index (χ0) is 11.5. The summed E-state index contributed by atoms with van der Waals surface area (Å²) in [6.07, 6.45) is 1.50. The van der Waals surface area contributed by atoms with Crippen molar-refractivity contribution in [3.8, 4) is 11.6 Å². The number of nitrogens with zero attached hydrogens (tertiary/aromatic N) is 1. The van der Waals surface area contributed by atoms with Crippen LogP contribution in [0.15, 0.2) is 36.5 Å². The molecule has 0 spiro atoms. The summed E-state index contributed by atoms with van der Waals surface area (Å²) in [5, 5.41) is 1.57. The molecule has 2 rings (SSSR count). The van der Waals surface area contributed by atoms with Crippen LogP contribution in [0.4, 0.5) is 0 Å². The van der Waals surface area contributed by atoms with Gasteiger partial charge < -0.3 is 4.74 Å². The Hall–Kier alpha value is -0.960. The third-order valence-electron chi connectivity index (χ3n) is 1.81. The first-order valence-corrected chi connectivity index (χ1v) is 5.53. The molecule has 0 aliphatic heterocycles. The molecule has 0 atom stereocenters. The molecule has 1 heterocycles. The van der Waals surface area contributed by atoms with E-state index in [1.807, 2.05) is 0 Å². The summed E-state index contributed by atoms with van der Waals surface area (Å²) in [5.41, 5.74) is 0. The second-order valence-electron chi connectivity index (χ2n) is 2.99. The molecule has 0 radical (unpaired) electrons.